The molecular formula is C20H16ClN3O4. The van der Waals surface area contributed by atoms with Crippen molar-refractivity contribution in [3.05, 3.63) is 69.2 Å². The Kier molecular flexibility index (Phi) is 3.98. The molecule has 28 heavy (non-hydrogen) atoms. The highest BCUT2D eigenvalue weighted by Crippen LogP contribution is 2.31. The van der Waals surface area contributed by atoms with Crippen LogP contribution in [0.15, 0.2) is 47.4 Å². The van der Waals surface area contributed by atoms with Crippen molar-refractivity contribution in [1.29, 1.82) is 0 Å². The van der Waals surface area contributed by atoms with Crippen LogP contribution in [0.3, 0.4) is 0 Å². The standard InChI is InChI=1S/C20H16ClN3O4/c21-12-5-6-18-22-14-7-8-23(10-13(14)19(25)24(18)9-12)20(26)17-11-27-15-3-1-2-4-16(15)28-17/h1-6,9,17H,7-8,10-11H2/t17-/m0/s1. The Bertz CT molecular complexity index is 1160. The molecule has 1 amide bonds. The minimum atomic E-state index is -0.734. The van der Waals surface area contributed by atoms with Crippen molar-refractivity contribution in [2.24, 2.45) is 0 Å². The van der Waals surface area contributed by atoms with Gasteiger partial charge in [-0.05, 0) is 24.3 Å². The normalized spacial score (nSPS) is 18.0. The number of hydrogen-bond acceptors (Lipinski definition) is 5. The number of fused-ring (bicyclic) bond motifs is 3. The van der Waals surface area contributed by atoms with Gasteiger partial charge in [-0.25, -0.2) is 4.98 Å². The van der Waals surface area contributed by atoms with Crippen molar-refractivity contribution in [2.45, 2.75) is 19.1 Å². The summed E-state index contributed by atoms with van der Waals surface area (Å²) in [6.07, 6.45) is 1.32. The predicted molar refractivity (Wildman–Crippen MR) is 102 cm³/mol. The van der Waals surface area contributed by atoms with Crippen LogP contribution < -0.4 is 15.0 Å². The fourth-order valence-electron chi connectivity index (χ4n) is 3.60. The molecule has 1 atom stereocenters. The molecule has 8 heteroatoms. The first-order valence-corrected chi connectivity index (χ1v) is 9.35. The third kappa shape index (κ3) is 2.79. The minimum absolute atomic E-state index is 0.143. The van der Waals surface area contributed by atoms with Crippen LogP contribution in [0, 0.1) is 0 Å². The number of benzene rings is 1. The molecule has 0 N–H and O–H groups in total. The van der Waals surface area contributed by atoms with Crippen molar-refractivity contribution in [3.63, 3.8) is 0 Å². The summed E-state index contributed by atoms with van der Waals surface area (Å²) in [6.45, 7) is 0.810. The smallest absolute Gasteiger partial charge is 0.267 e. The van der Waals surface area contributed by atoms with E-state index in [0.717, 1.165) is 5.69 Å². The highest BCUT2D eigenvalue weighted by atomic mass is 35.5. The zero-order chi connectivity index (χ0) is 19.3. The number of hydrogen-bond donors (Lipinski definition) is 0. The molecule has 0 saturated heterocycles. The van der Waals surface area contributed by atoms with E-state index < -0.39 is 6.10 Å². The number of ether oxygens (including phenoxy) is 2. The van der Waals surface area contributed by atoms with Gasteiger partial charge in [-0.1, -0.05) is 23.7 Å². The molecule has 4 heterocycles. The Hall–Kier alpha value is -3.06. The van der Waals surface area contributed by atoms with E-state index in [1.807, 2.05) is 12.1 Å². The molecule has 0 aliphatic carbocycles. The molecule has 0 fully saturated rings. The second-order valence-electron chi connectivity index (χ2n) is 6.79. The second-order valence-corrected chi connectivity index (χ2v) is 7.23. The molecule has 2 aliphatic rings. The zero-order valence-electron chi connectivity index (χ0n) is 14.8. The third-order valence-electron chi connectivity index (χ3n) is 5.03. The number of rotatable bonds is 1. The van der Waals surface area contributed by atoms with Gasteiger partial charge >= 0.3 is 0 Å². The van der Waals surface area contributed by atoms with Crippen LogP contribution in [0.25, 0.3) is 5.65 Å². The van der Waals surface area contributed by atoms with E-state index in [0.29, 0.717) is 40.7 Å². The molecule has 3 aromatic rings. The Morgan fingerprint density at radius 3 is 2.86 bits per heavy atom. The van der Waals surface area contributed by atoms with Crippen LogP contribution in [-0.4, -0.2) is 39.4 Å². The first-order chi connectivity index (χ1) is 13.6. The van der Waals surface area contributed by atoms with Crippen LogP contribution in [0.1, 0.15) is 11.3 Å². The average molecular weight is 398 g/mol. The Labute approximate surface area is 165 Å². The van der Waals surface area contributed by atoms with Crippen LogP contribution in [0.4, 0.5) is 0 Å². The van der Waals surface area contributed by atoms with Gasteiger partial charge in [0.05, 0.1) is 22.8 Å². The van der Waals surface area contributed by atoms with Gasteiger partial charge in [-0.3, -0.25) is 14.0 Å². The van der Waals surface area contributed by atoms with E-state index in [2.05, 4.69) is 4.98 Å². The van der Waals surface area contributed by atoms with Gasteiger partial charge in [-0.15, -0.1) is 0 Å². The Balaban J connectivity index is 1.43. The van der Waals surface area contributed by atoms with Crippen LogP contribution >= 0.6 is 11.6 Å². The summed E-state index contributed by atoms with van der Waals surface area (Å²) in [5.74, 6) is 0.976. The molecule has 0 bridgehead atoms. The molecule has 142 valence electrons. The van der Waals surface area contributed by atoms with Crippen molar-refractivity contribution < 1.29 is 14.3 Å². The van der Waals surface area contributed by atoms with Crippen molar-refractivity contribution in [1.82, 2.24) is 14.3 Å². The highest BCUT2D eigenvalue weighted by Gasteiger charge is 2.33. The molecule has 1 aromatic carbocycles. The maximum absolute atomic E-state index is 13.0. The SMILES string of the molecule is O=C([C@@H]1COc2ccccc2O1)N1CCc2nc3ccc(Cl)cn3c(=O)c2C1. The largest absolute Gasteiger partial charge is 0.485 e. The second kappa shape index (κ2) is 6.53. The number of carbonyl (C=O) groups is 1. The Morgan fingerprint density at radius 2 is 2.00 bits per heavy atom. The number of aromatic nitrogens is 2. The monoisotopic (exact) mass is 397 g/mol. The van der Waals surface area contributed by atoms with E-state index in [1.165, 1.54) is 4.40 Å². The number of halogens is 1. The van der Waals surface area contributed by atoms with Crippen molar-refractivity contribution >= 4 is 23.2 Å². The summed E-state index contributed by atoms with van der Waals surface area (Å²) in [6, 6.07) is 10.7. The van der Waals surface area contributed by atoms with Crippen LogP contribution in [0.5, 0.6) is 11.5 Å². The van der Waals surface area contributed by atoms with Crippen LogP contribution in [-0.2, 0) is 17.8 Å². The van der Waals surface area contributed by atoms with E-state index in [-0.39, 0.29) is 24.6 Å². The number of amides is 1. The number of nitrogens with zero attached hydrogens (tertiary/aromatic N) is 3. The first kappa shape index (κ1) is 17.1. The van der Waals surface area contributed by atoms with Crippen molar-refractivity contribution in [2.75, 3.05) is 13.2 Å². The summed E-state index contributed by atoms with van der Waals surface area (Å²) < 4.78 is 12.9. The summed E-state index contributed by atoms with van der Waals surface area (Å²) in [5, 5.41) is 0.450. The number of para-hydroxylation sites is 2. The summed E-state index contributed by atoms with van der Waals surface area (Å²) in [5.41, 5.74) is 1.58. The van der Waals surface area contributed by atoms with E-state index >= 15 is 0 Å². The maximum Gasteiger partial charge on any atom is 0.267 e. The summed E-state index contributed by atoms with van der Waals surface area (Å²) in [4.78, 5) is 32.1. The Morgan fingerprint density at radius 1 is 1.18 bits per heavy atom. The van der Waals surface area contributed by atoms with Crippen LogP contribution in [0.2, 0.25) is 5.02 Å². The topological polar surface area (TPSA) is 73.1 Å². The van der Waals surface area contributed by atoms with E-state index in [4.69, 9.17) is 21.1 Å². The molecule has 0 saturated carbocycles. The molecule has 0 radical (unpaired) electrons. The summed E-state index contributed by atoms with van der Waals surface area (Å²) >= 11 is 6.01. The molecule has 2 aromatic heterocycles. The fraction of sp³-hybridized carbons (Fsp3) is 0.250. The molecule has 2 aliphatic heterocycles. The lowest BCUT2D eigenvalue weighted by atomic mass is 10.1. The lowest BCUT2D eigenvalue weighted by Gasteiger charge is -2.33. The molecule has 7 nitrogen and oxygen atoms in total. The lowest BCUT2D eigenvalue weighted by molar-refractivity contribution is -0.142. The van der Waals surface area contributed by atoms with Gasteiger partial charge in [-0.2, -0.15) is 0 Å². The third-order valence-corrected chi connectivity index (χ3v) is 5.25. The van der Waals surface area contributed by atoms with Gasteiger partial charge in [0.25, 0.3) is 11.5 Å². The molecule has 5 rings (SSSR count). The van der Waals surface area contributed by atoms with E-state index in [9.17, 15) is 9.59 Å². The maximum atomic E-state index is 13.0. The highest BCUT2D eigenvalue weighted by molar-refractivity contribution is 6.30. The van der Waals surface area contributed by atoms with Gasteiger partial charge in [0, 0.05) is 19.2 Å². The number of pyridine rings is 1. The van der Waals surface area contributed by atoms with Gasteiger partial charge in [0.2, 0.25) is 6.10 Å². The summed E-state index contributed by atoms with van der Waals surface area (Å²) in [7, 11) is 0. The quantitative estimate of drug-likeness (QED) is 0.628. The molecule has 0 unspecified atom stereocenters. The van der Waals surface area contributed by atoms with Gasteiger partial charge in [0.15, 0.2) is 11.5 Å². The van der Waals surface area contributed by atoms with Gasteiger partial charge < -0.3 is 14.4 Å². The predicted octanol–water partition coefficient (Wildman–Crippen LogP) is 2.07. The average Bonchev–Trinajstić information content (AvgIpc) is 2.73. The fourth-order valence-corrected chi connectivity index (χ4v) is 3.77. The van der Waals surface area contributed by atoms with Crippen molar-refractivity contribution in [3.8, 4) is 11.5 Å². The van der Waals surface area contributed by atoms with E-state index in [1.54, 1.807) is 35.4 Å². The number of carbonyl (C=O) groups excluding carboxylic acids is 1. The molecular weight excluding hydrogens is 382 g/mol. The first-order valence-electron chi connectivity index (χ1n) is 8.97. The minimum Gasteiger partial charge on any atom is -0.485 e. The van der Waals surface area contributed by atoms with Gasteiger partial charge in [0.1, 0.15) is 12.3 Å². The lowest BCUT2D eigenvalue weighted by Crippen LogP contribution is -2.49. The zero-order valence-corrected chi connectivity index (χ0v) is 15.6. The molecule has 0 spiro atoms.